The Bertz CT molecular complexity index is 573. The number of nitrogens with one attached hydrogen (secondary N) is 1. The van der Waals surface area contributed by atoms with E-state index < -0.39 is 0 Å². The van der Waals surface area contributed by atoms with Crippen molar-refractivity contribution in [1.82, 2.24) is 10.3 Å². The van der Waals surface area contributed by atoms with Crippen LogP contribution in [0.2, 0.25) is 0 Å². The maximum Gasteiger partial charge on any atom is 0.0746 e. The number of nitrogens with zero attached hydrogens (tertiary/aromatic N) is 1. The van der Waals surface area contributed by atoms with Crippen LogP contribution in [0.3, 0.4) is 0 Å². The first kappa shape index (κ1) is 13.6. The maximum atomic E-state index is 4.54. The number of pyridine rings is 1. The van der Waals surface area contributed by atoms with E-state index in [0.29, 0.717) is 6.04 Å². The van der Waals surface area contributed by atoms with Crippen LogP contribution in [0, 0.1) is 11.8 Å². The minimum absolute atomic E-state index is 0.666. The van der Waals surface area contributed by atoms with Crippen molar-refractivity contribution < 1.29 is 0 Å². The predicted molar refractivity (Wildman–Crippen MR) is 84.5 cm³/mol. The summed E-state index contributed by atoms with van der Waals surface area (Å²) < 4.78 is 0. The molecule has 0 radical (unpaired) electrons. The van der Waals surface area contributed by atoms with Gasteiger partial charge in [0.1, 0.15) is 0 Å². The third-order valence-electron chi connectivity index (χ3n) is 5.02. The van der Waals surface area contributed by atoms with Gasteiger partial charge >= 0.3 is 0 Å². The summed E-state index contributed by atoms with van der Waals surface area (Å²) in [5.41, 5.74) is 2.45. The quantitative estimate of drug-likeness (QED) is 0.901. The van der Waals surface area contributed by atoms with Crippen molar-refractivity contribution in [1.29, 1.82) is 0 Å². The number of benzene rings is 1. The first-order chi connectivity index (χ1) is 9.79. The summed E-state index contributed by atoms with van der Waals surface area (Å²) in [5.74, 6) is 1.70. The Morgan fingerprint density at radius 2 is 2.05 bits per heavy atom. The van der Waals surface area contributed by atoms with E-state index in [0.717, 1.165) is 23.9 Å². The first-order valence-corrected chi connectivity index (χ1v) is 7.85. The molecule has 1 N–H and O–H groups in total. The van der Waals surface area contributed by atoms with Gasteiger partial charge < -0.3 is 5.32 Å². The zero-order valence-corrected chi connectivity index (χ0v) is 12.5. The van der Waals surface area contributed by atoms with Gasteiger partial charge in [0, 0.05) is 24.2 Å². The largest absolute Gasteiger partial charge is 0.310 e. The van der Waals surface area contributed by atoms with Crippen molar-refractivity contribution >= 4 is 10.9 Å². The Morgan fingerprint density at radius 3 is 2.85 bits per heavy atom. The molecule has 0 amide bonds. The van der Waals surface area contributed by atoms with Crippen molar-refractivity contribution in [3.05, 3.63) is 42.1 Å². The predicted octanol–water partition coefficient (Wildman–Crippen LogP) is 4.15. The summed E-state index contributed by atoms with van der Waals surface area (Å²) in [6, 6.07) is 11.3. The van der Waals surface area contributed by atoms with Crippen LogP contribution in [-0.2, 0) is 6.54 Å². The van der Waals surface area contributed by atoms with Crippen molar-refractivity contribution in [3.63, 3.8) is 0 Å². The van der Waals surface area contributed by atoms with Crippen LogP contribution in [0.4, 0.5) is 0 Å². The normalized spacial score (nSPS) is 26.2. The van der Waals surface area contributed by atoms with Crippen molar-refractivity contribution in [2.45, 2.75) is 45.7 Å². The molecule has 20 heavy (non-hydrogen) atoms. The van der Waals surface area contributed by atoms with Crippen LogP contribution in [0.5, 0.6) is 0 Å². The molecule has 1 aromatic carbocycles. The number of para-hydroxylation sites is 1. The van der Waals surface area contributed by atoms with Gasteiger partial charge in [-0.25, -0.2) is 0 Å². The first-order valence-electron chi connectivity index (χ1n) is 7.85. The molecule has 0 spiro atoms. The fourth-order valence-corrected chi connectivity index (χ4v) is 3.66. The lowest BCUT2D eigenvalue weighted by atomic mass is 9.93. The standard InChI is InChI=1S/C18H24N2/c1-3-14-9-10-17(13(14)2)20-12-16-7-4-6-15-8-5-11-19-18(15)16/h4-8,11,13-14,17,20H,3,9-10,12H2,1-2H3. The van der Waals surface area contributed by atoms with Crippen LogP contribution < -0.4 is 5.32 Å². The molecule has 0 bridgehead atoms. The van der Waals surface area contributed by atoms with E-state index in [9.17, 15) is 0 Å². The summed E-state index contributed by atoms with van der Waals surface area (Å²) in [6.07, 6.45) is 5.90. The summed E-state index contributed by atoms with van der Waals surface area (Å²) in [5, 5.41) is 5.00. The molecule has 3 rings (SSSR count). The number of rotatable bonds is 4. The number of aromatic nitrogens is 1. The van der Waals surface area contributed by atoms with E-state index in [1.54, 1.807) is 0 Å². The van der Waals surface area contributed by atoms with Gasteiger partial charge in [-0.1, -0.05) is 44.5 Å². The summed E-state index contributed by atoms with van der Waals surface area (Å²) in [4.78, 5) is 4.54. The molecule has 1 aliphatic rings. The molecule has 1 aromatic heterocycles. The molecule has 106 valence electrons. The van der Waals surface area contributed by atoms with E-state index in [4.69, 9.17) is 0 Å². The zero-order valence-electron chi connectivity index (χ0n) is 12.5. The highest BCUT2D eigenvalue weighted by atomic mass is 14.9. The third-order valence-corrected chi connectivity index (χ3v) is 5.02. The highest BCUT2D eigenvalue weighted by molar-refractivity contribution is 5.81. The van der Waals surface area contributed by atoms with Crippen LogP contribution in [0.15, 0.2) is 36.5 Å². The molecule has 3 atom stereocenters. The van der Waals surface area contributed by atoms with Gasteiger partial charge in [0.05, 0.1) is 5.52 Å². The molecular formula is C18H24N2. The molecule has 1 fully saturated rings. The smallest absolute Gasteiger partial charge is 0.0746 e. The summed E-state index contributed by atoms with van der Waals surface area (Å²) in [6.45, 7) is 5.65. The van der Waals surface area contributed by atoms with E-state index in [2.05, 4.69) is 48.4 Å². The lowest BCUT2D eigenvalue weighted by molar-refractivity contribution is 0.344. The van der Waals surface area contributed by atoms with Gasteiger partial charge in [0.25, 0.3) is 0 Å². The molecule has 1 heterocycles. The monoisotopic (exact) mass is 268 g/mol. The van der Waals surface area contributed by atoms with Crippen LogP contribution >= 0.6 is 0 Å². The highest BCUT2D eigenvalue weighted by Gasteiger charge is 2.30. The molecule has 2 aromatic rings. The van der Waals surface area contributed by atoms with Crippen LogP contribution in [-0.4, -0.2) is 11.0 Å². The Morgan fingerprint density at radius 1 is 1.20 bits per heavy atom. The highest BCUT2D eigenvalue weighted by Crippen LogP contribution is 2.34. The lowest BCUT2D eigenvalue weighted by Crippen LogP contribution is -2.32. The minimum atomic E-state index is 0.666. The van der Waals surface area contributed by atoms with Gasteiger partial charge in [-0.3, -0.25) is 4.98 Å². The third kappa shape index (κ3) is 2.57. The lowest BCUT2D eigenvalue weighted by Gasteiger charge is -2.21. The molecular weight excluding hydrogens is 244 g/mol. The fourth-order valence-electron chi connectivity index (χ4n) is 3.66. The molecule has 1 saturated carbocycles. The molecule has 0 aliphatic heterocycles. The molecule has 1 aliphatic carbocycles. The Labute approximate surface area is 121 Å². The topological polar surface area (TPSA) is 24.9 Å². The van der Waals surface area contributed by atoms with E-state index in [1.807, 2.05) is 12.3 Å². The average Bonchev–Trinajstić information content (AvgIpc) is 2.85. The fraction of sp³-hybridized carbons (Fsp3) is 0.500. The SMILES string of the molecule is CCC1CCC(NCc2cccc3cccnc23)C1C. The van der Waals surface area contributed by atoms with Gasteiger partial charge in [-0.2, -0.15) is 0 Å². The van der Waals surface area contributed by atoms with Crippen molar-refractivity contribution in [3.8, 4) is 0 Å². The maximum absolute atomic E-state index is 4.54. The van der Waals surface area contributed by atoms with Crippen LogP contribution in [0.25, 0.3) is 10.9 Å². The van der Waals surface area contributed by atoms with Gasteiger partial charge in [-0.05, 0) is 36.3 Å². The second-order valence-corrected chi connectivity index (χ2v) is 6.08. The van der Waals surface area contributed by atoms with Crippen molar-refractivity contribution in [2.24, 2.45) is 11.8 Å². The molecule has 2 heteroatoms. The Balaban J connectivity index is 1.72. The molecule has 0 saturated heterocycles. The van der Waals surface area contributed by atoms with Gasteiger partial charge in [0.2, 0.25) is 0 Å². The zero-order chi connectivity index (χ0) is 13.9. The second-order valence-electron chi connectivity index (χ2n) is 6.08. The number of fused-ring (bicyclic) bond motifs is 1. The van der Waals surface area contributed by atoms with E-state index in [1.165, 1.54) is 30.2 Å². The Hall–Kier alpha value is -1.41. The second kappa shape index (κ2) is 5.92. The van der Waals surface area contributed by atoms with Gasteiger partial charge in [-0.15, -0.1) is 0 Å². The molecule has 3 unspecified atom stereocenters. The van der Waals surface area contributed by atoms with Gasteiger partial charge in [0.15, 0.2) is 0 Å². The summed E-state index contributed by atoms with van der Waals surface area (Å²) in [7, 11) is 0. The van der Waals surface area contributed by atoms with E-state index in [-0.39, 0.29) is 0 Å². The number of hydrogen-bond acceptors (Lipinski definition) is 2. The van der Waals surface area contributed by atoms with Crippen molar-refractivity contribution in [2.75, 3.05) is 0 Å². The molecule has 2 nitrogen and oxygen atoms in total. The van der Waals surface area contributed by atoms with Crippen LogP contribution in [0.1, 0.15) is 38.7 Å². The average molecular weight is 268 g/mol. The minimum Gasteiger partial charge on any atom is -0.310 e. The number of hydrogen-bond donors (Lipinski definition) is 1. The summed E-state index contributed by atoms with van der Waals surface area (Å²) >= 11 is 0. The Kier molecular flexibility index (Phi) is 4.02. The van der Waals surface area contributed by atoms with E-state index >= 15 is 0 Å².